The van der Waals surface area contributed by atoms with Crippen molar-refractivity contribution in [1.82, 2.24) is 9.97 Å². The lowest BCUT2D eigenvalue weighted by Crippen LogP contribution is -2.35. The third-order valence-corrected chi connectivity index (χ3v) is 4.56. The van der Waals surface area contributed by atoms with Crippen LogP contribution in [0, 0.1) is 0 Å². The fourth-order valence-corrected chi connectivity index (χ4v) is 3.22. The molecular weight excluding hydrogens is 402 g/mol. The minimum atomic E-state index is -0.683. The second-order valence-electron chi connectivity index (χ2n) is 5.73. The summed E-state index contributed by atoms with van der Waals surface area (Å²) in [7, 11) is 0. The van der Waals surface area contributed by atoms with E-state index in [-0.39, 0.29) is 18.0 Å². The van der Waals surface area contributed by atoms with Crippen LogP contribution in [0.3, 0.4) is 0 Å². The number of fused-ring (bicyclic) bond motifs is 1. The molecule has 1 aromatic carbocycles. The lowest BCUT2D eigenvalue weighted by atomic mass is 9.82. The molecule has 3 rings (SSSR count). The topological polar surface area (TPSA) is 104 Å². The van der Waals surface area contributed by atoms with Gasteiger partial charge in [0, 0.05) is 10.2 Å². The van der Waals surface area contributed by atoms with Crippen LogP contribution in [0.15, 0.2) is 62.3 Å². The van der Waals surface area contributed by atoms with E-state index >= 15 is 0 Å². The van der Waals surface area contributed by atoms with Gasteiger partial charge in [0.05, 0.1) is 17.1 Å². The summed E-state index contributed by atoms with van der Waals surface area (Å²) in [5, 5.41) is 2.93. The number of allylic oxidation sites excluding steroid dienone is 1. The quantitative estimate of drug-likeness (QED) is 0.523. The number of carbonyl (C=O) groups excluding carboxylic acids is 1. The van der Waals surface area contributed by atoms with Gasteiger partial charge in [-0.25, -0.2) is 9.59 Å². The van der Waals surface area contributed by atoms with Gasteiger partial charge in [-0.2, -0.15) is 0 Å². The molecule has 1 atom stereocenters. The van der Waals surface area contributed by atoms with Crippen LogP contribution in [0.25, 0.3) is 0 Å². The standard InChI is InChI=1S/C18H16BrN3O4/c1-3-8-26-17(24)12-9(2)20-15-14(16(23)22-18(25)21-15)13(12)10-4-6-11(19)7-5-10/h3-7,13H,1,8H2,2H3,(H3,20,21,22,23,25)/t13-/m0/s1. The fraction of sp³-hybridized carbons (Fsp3) is 0.167. The summed E-state index contributed by atoms with van der Waals surface area (Å²) in [5.74, 6) is -0.972. The number of carbonyl (C=O) groups is 1. The van der Waals surface area contributed by atoms with Crippen molar-refractivity contribution in [2.45, 2.75) is 12.8 Å². The molecule has 0 radical (unpaired) electrons. The predicted octanol–water partition coefficient (Wildman–Crippen LogP) is 2.39. The van der Waals surface area contributed by atoms with E-state index in [9.17, 15) is 14.4 Å². The molecule has 2 heterocycles. The largest absolute Gasteiger partial charge is 0.458 e. The Labute approximate surface area is 156 Å². The van der Waals surface area contributed by atoms with Gasteiger partial charge < -0.3 is 10.1 Å². The maximum absolute atomic E-state index is 12.6. The summed E-state index contributed by atoms with van der Waals surface area (Å²) in [5.41, 5.74) is 0.591. The Morgan fingerprint density at radius 1 is 1.27 bits per heavy atom. The van der Waals surface area contributed by atoms with Crippen LogP contribution in [0.2, 0.25) is 0 Å². The lowest BCUT2D eigenvalue weighted by Gasteiger charge is -2.28. The Hall–Kier alpha value is -2.87. The molecule has 0 saturated heterocycles. The van der Waals surface area contributed by atoms with Crippen molar-refractivity contribution >= 4 is 27.7 Å². The summed E-state index contributed by atoms with van der Waals surface area (Å²) < 4.78 is 6.07. The van der Waals surface area contributed by atoms with Crippen molar-refractivity contribution in [3.63, 3.8) is 0 Å². The SMILES string of the molecule is C=CCOC(=O)C1=C(C)Nc2[nH]c(=O)[nH]c(=O)c2[C@H]1c1ccc(Br)cc1. The van der Waals surface area contributed by atoms with Crippen LogP contribution in [0.1, 0.15) is 24.0 Å². The average Bonchev–Trinajstić information content (AvgIpc) is 2.59. The fourth-order valence-electron chi connectivity index (χ4n) is 2.96. The summed E-state index contributed by atoms with van der Waals surface area (Å²) in [6.07, 6.45) is 1.47. The number of esters is 1. The van der Waals surface area contributed by atoms with Gasteiger partial charge >= 0.3 is 11.7 Å². The van der Waals surface area contributed by atoms with Gasteiger partial charge in [-0.1, -0.05) is 40.7 Å². The lowest BCUT2D eigenvalue weighted by molar-refractivity contribution is -0.138. The van der Waals surface area contributed by atoms with Gasteiger partial charge in [-0.3, -0.25) is 14.8 Å². The van der Waals surface area contributed by atoms with Crippen molar-refractivity contribution in [2.24, 2.45) is 0 Å². The third-order valence-electron chi connectivity index (χ3n) is 4.03. The van der Waals surface area contributed by atoms with Gasteiger partial charge in [-0.05, 0) is 24.6 Å². The number of rotatable bonds is 4. The molecule has 0 aliphatic carbocycles. The highest BCUT2D eigenvalue weighted by Crippen LogP contribution is 2.39. The Bertz CT molecular complexity index is 1020. The Morgan fingerprint density at radius 2 is 1.96 bits per heavy atom. The first kappa shape index (κ1) is 17.9. The van der Waals surface area contributed by atoms with Gasteiger partial charge in [-0.15, -0.1) is 0 Å². The number of ether oxygens (including phenoxy) is 1. The van der Waals surface area contributed by atoms with Crippen LogP contribution in [0.4, 0.5) is 5.82 Å². The molecule has 0 spiro atoms. The number of anilines is 1. The Morgan fingerprint density at radius 3 is 2.62 bits per heavy atom. The van der Waals surface area contributed by atoms with Crippen LogP contribution in [-0.4, -0.2) is 22.5 Å². The molecule has 2 aromatic rings. The molecule has 0 fully saturated rings. The van der Waals surface area contributed by atoms with E-state index in [1.54, 1.807) is 6.92 Å². The van der Waals surface area contributed by atoms with E-state index in [1.807, 2.05) is 24.3 Å². The minimum Gasteiger partial charge on any atom is -0.458 e. The highest BCUT2D eigenvalue weighted by atomic mass is 79.9. The first-order valence-corrected chi connectivity index (χ1v) is 8.59. The third kappa shape index (κ3) is 3.28. The van der Waals surface area contributed by atoms with Gasteiger partial charge in [0.25, 0.3) is 5.56 Å². The zero-order valence-corrected chi connectivity index (χ0v) is 15.5. The smallest absolute Gasteiger partial charge is 0.337 e. The zero-order chi connectivity index (χ0) is 18.8. The molecule has 0 bridgehead atoms. The summed E-state index contributed by atoms with van der Waals surface area (Å²) in [4.78, 5) is 41.6. The summed E-state index contributed by atoms with van der Waals surface area (Å²) >= 11 is 3.37. The second-order valence-corrected chi connectivity index (χ2v) is 6.65. The molecule has 0 saturated carbocycles. The van der Waals surface area contributed by atoms with E-state index in [0.717, 1.165) is 10.0 Å². The average molecular weight is 418 g/mol. The molecule has 7 nitrogen and oxygen atoms in total. The van der Waals surface area contributed by atoms with Crippen LogP contribution >= 0.6 is 15.9 Å². The van der Waals surface area contributed by atoms with E-state index in [4.69, 9.17) is 4.74 Å². The second kappa shape index (κ2) is 7.17. The molecule has 1 aliphatic rings. The van der Waals surface area contributed by atoms with Gasteiger partial charge in [0.15, 0.2) is 0 Å². The zero-order valence-electron chi connectivity index (χ0n) is 13.9. The molecule has 1 aromatic heterocycles. The number of hydrogen-bond acceptors (Lipinski definition) is 5. The molecule has 8 heteroatoms. The number of aromatic amines is 2. The van der Waals surface area contributed by atoms with Crippen molar-refractivity contribution in [3.05, 3.63) is 84.6 Å². The molecular formula is C18H16BrN3O4. The minimum absolute atomic E-state index is 0.0531. The Kier molecular flexibility index (Phi) is 4.94. The van der Waals surface area contributed by atoms with Crippen LogP contribution < -0.4 is 16.6 Å². The number of nitrogens with one attached hydrogen (secondary N) is 3. The van der Waals surface area contributed by atoms with Crippen molar-refractivity contribution in [1.29, 1.82) is 0 Å². The van der Waals surface area contributed by atoms with E-state index in [0.29, 0.717) is 11.3 Å². The molecule has 0 unspecified atom stereocenters. The Balaban J connectivity index is 2.23. The molecule has 0 amide bonds. The van der Waals surface area contributed by atoms with Gasteiger partial charge in [0.2, 0.25) is 0 Å². The number of H-pyrrole nitrogens is 2. The number of halogens is 1. The summed E-state index contributed by atoms with van der Waals surface area (Å²) in [6, 6.07) is 7.25. The van der Waals surface area contributed by atoms with E-state index < -0.39 is 23.1 Å². The van der Waals surface area contributed by atoms with E-state index in [1.165, 1.54) is 6.08 Å². The number of hydrogen-bond donors (Lipinski definition) is 3. The first-order valence-electron chi connectivity index (χ1n) is 7.80. The van der Waals surface area contributed by atoms with Crippen molar-refractivity contribution in [3.8, 4) is 0 Å². The highest BCUT2D eigenvalue weighted by molar-refractivity contribution is 9.10. The van der Waals surface area contributed by atoms with E-state index in [2.05, 4.69) is 37.8 Å². The number of aromatic nitrogens is 2. The van der Waals surface area contributed by atoms with Crippen molar-refractivity contribution in [2.75, 3.05) is 11.9 Å². The molecule has 3 N–H and O–H groups in total. The van der Waals surface area contributed by atoms with Gasteiger partial charge in [0.1, 0.15) is 12.4 Å². The predicted molar refractivity (Wildman–Crippen MR) is 101 cm³/mol. The van der Waals surface area contributed by atoms with Crippen LogP contribution in [-0.2, 0) is 9.53 Å². The normalized spacial score (nSPS) is 15.8. The number of benzene rings is 1. The molecule has 134 valence electrons. The molecule has 26 heavy (non-hydrogen) atoms. The maximum Gasteiger partial charge on any atom is 0.337 e. The van der Waals surface area contributed by atoms with Crippen LogP contribution in [0.5, 0.6) is 0 Å². The first-order chi connectivity index (χ1) is 12.4. The monoisotopic (exact) mass is 417 g/mol. The summed E-state index contributed by atoms with van der Waals surface area (Å²) in [6.45, 7) is 5.28. The maximum atomic E-state index is 12.6. The van der Waals surface area contributed by atoms with Crippen molar-refractivity contribution < 1.29 is 9.53 Å². The highest BCUT2D eigenvalue weighted by Gasteiger charge is 2.35. The molecule has 1 aliphatic heterocycles.